The normalized spacial score (nSPS) is 10.6. The molecule has 1 heterocycles. The van der Waals surface area contributed by atoms with Crippen molar-refractivity contribution in [3.63, 3.8) is 0 Å². The summed E-state index contributed by atoms with van der Waals surface area (Å²) in [5, 5.41) is 6.71. The van der Waals surface area contributed by atoms with Crippen LogP contribution in [0.2, 0.25) is 0 Å². The van der Waals surface area contributed by atoms with E-state index >= 15 is 0 Å². The van der Waals surface area contributed by atoms with Gasteiger partial charge in [0, 0.05) is 5.69 Å². The van der Waals surface area contributed by atoms with Crippen molar-refractivity contribution in [1.82, 2.24) is 5.16 Å². The highest BCUT2D eigenvalue weighted by Crippen LogP contribution is 2.23. The molecule has 1 amide bonds. The van der Waals surface area contributed by atoms with E-state index in [2.05, 4.69) is 10.5 Å². The molecule has 0 bridgehead atoms. The van der Waals surface area contributed by atoms with Crippen LogP contribution in [0.3, 0.4) is 0 Å². The number of hydrogen-bond acceptors (Lipinski definition) is 4. The number of nitrogens with zero attached hydrogens (tertiary/aromatic N) is 1. The molecular formula is C24H19FN2O3. The quantitative estimate of drug-likeness (QED) is 0.455. The van der Waals surface area contributed by atoms with Gasteiger partial charge in [-0.1, -0.05) is 47.6 Å². The number of aromatic nitrogens is 1. The third-order valence-corrected chi connectivity index (χ3v) is 4.65. The monoisotopic (exact) mass is 402 g/mol. The number of hydrogen-bond donors (Lipinski definition) is 1. The van der Waals surface area contributed by atoms with Crippen molar-refractivity contribution >= 4 is 11.6 Å². The standard InChI is InChI=1S/C24H19FN2O3/c1-16-22(15-29-21-13-9-19(25)10-14-21)23(27-30-16)24(28)26-20-11-7-18(8-12-20)17-5-3-2-4-6-17/h2-14H,15H2,1H3,(H,26,28). The number of aryl methyl sites for hydroxylation is 1. The minimum atomic E-state index is -0.392. The lowest BCUT2D eigenvalue weighted by Crippen LogP contribution is -2.15. The number of halogens is 1. The average molecular weight is 402 g/mol. The summed E-state index contributed by atoms with van der Waals surface area (Å²) in [6.07, 6.45) is 0. The van der Waals surface area contributed by atoms with Gasteiger partial charge in [0.15, 0.2) is 5.69 Å². The Morgan fingerprint density at radius 1 is 0.967 bits per heavy atom. The Bertz CT molecular complexity index is 1140. The Kier molecular flexibility index (Phi) is 5.57. The van der Waals surface area contributed by atoms with E-state index < -0.39 is 5.91 Å². The van der Waals surface area contributed by atoms with Gasteiger partial charge in [0.2, 0.25) is 0 Å². The summed E-state index contributed by atoms with van der Waals surface area (Å²) < 4.78 is 23.9. The topological polar surface area (TPSA) is 64.4 Å². The van der Waals surface area contributed by atoms with E-state index in [0.717, 1.165) is 11.1 Å². The van der Waals surface area contributed by atoms with Crippen molar-refractivity contribution in [3.8, 4) is 16.9 Å². The van der Waals surface area contributed by atoms with E-state index in [1.165, 1.54) is 24.3 Å². The van der Waals surface area contributed by atoms with Crippen LogP contribution < -0.4 is 10.1 Å². The summed E-state index contributed by atoms with van der Waals surface area (Å²) in [5.74, 6) is 0.237. The fourth-order valence-electron chi connectivity index (χ4n) is 2.99. The number of amides is 1. The van der Waals surface area contributed by atoms with E-state index in [0.29, 0.717) is 22.8 Å². The smallest absolute Gasteiger partial charge is 0.278 e. The van der Waals surface area contributed by atoms with Gasteiger partial charge in [0.1, 0.15) is 23.9 Å². The van der Waals surface area contributed by atoms with Crippen LogP contribution in [0.5, 0.6) is 5.75 Å². The largest absolute Gasteiger partial charge is 0.489 e. The second kappa shape index (κ2) is 8.61. The summed E-state index contributed by atoms with van der Waals surface area (Å²) in [6, 6.07) is 23.2. The van der Waals surface area contributed by atoms with Gasteiger partial charge in [0.05, 0.1) is 5.56 Å². The lowest BCUT2D eigenvalue weighted by molar-refractivity contribution is 0.101. The van der Waals surface area contributed by atoms with Crippen molar-refractivity contribution in [2.45, 2.75) is 13.5 Å². The highest BCUT2D eigenvalue weighted by atomic mass is 19.1. The number of anilines is 1. The first-order chi connectivity index (χ1) is 14.6. The summed E-state index contributed by atoms with van der Waals surface area (Å²) in [4.78, 5) is 12.7. The average Bonchev–Trinajstić information content (AvgIpc) is 3.15. The Morgan fingerprint density at radius 3 is 2.33 bits per heavy atom. The van der Waals surface area contributed by atoms with Crippen LogP contribution in [-0.4, -0.2) is 11.1 Å². The lowest BCUT2D eigenvalue weighted by Gasteiger charge is -2.08. The Balaban J connectivity index is 1.45. The van der Waals surface area contributed by atoms with Crippen LogP contribution in [0.15, 0.2) is 83.4 Å². The number of benzene rings is 3. The van der Waals surface area contributed by atoms with Gasteiger partial charge in [-0.05, 0) is 54.4 Å². The molecule has 0 saturated carbocycles. The molecule has 0 atom stereocenters. The van der Waals surface area contributed by atoms with Crippen molar-refractivity contribution in [3.05, 3.63) is 102 Å². The Morgan fingerprint density at radius 2 is 1.63 bits per heavy atom. The summed E-state index contributed by atoms with van der Waals surface area (Å²) in [7, 11) is 0. The number of rotatable bonds is 6. The molecule has 5 nitrogen and oxygen atoms in total. The predicted molar refractivity (Wildman–Crippen MR) is 112 cm³/mol. The number of carbonyl (C=O) groups is 1. The van der Waals surface area contributed by atoms with E-state index in [1.807, 2.05) is 54.6 Å². The zero-order valence-corrected chi connectivity index (χ0v) is 16.3. The van der Waals surface area contributed by atoms with Gasteiger partial charge >= 0.3 is 0 Å². The Hall–Kier alpha value is -3.93. The van der Waals surface area contributed by atoms with Crippen molar-refractivity contribution in [2.75, 3.05) is 5.32 Å². The van der Waals surface area contributed by atoms with Crippen LogP contribution in [0.4, 0.5) is 10.1 Å². The molecule has 6 heteroatoms. The fourth-order valence-corrected chi connectivity index (χ4v) is 2.99. The second-order valence-corrected chi connectivity index (χ2v) is 6.71. The van der Waals surface area contributed by atoms with Gasteiger partial charge in [-0.25, -0.2) is 4.39 Å². The molecule has 0 spiro atoms. The summed E-state index contributed by atoms with van der Waals surface area (Å²) in [6.45, 7) is 1.79. The minimum Gasteiger partial charge on any atom is -0.489 e. The highest BCUT2D eigenvalue weighted by Gasteiger charge is 2.20. The third kappa shape index (κ3) is 4.38. The number of nitrogens with one attached hydrogen (secondary N) is 1. The maximum Gasteiger partial charge on any atom is 0.278 e. The van der Waals surface area contributed by atoms with Crippen molar-refractivity contribution in [2.24, 2.45) is 0 Å². The zero-order valence-electron chi connectivity index (χ0n) is 16.3. The van der Waals surface area contributed by atoms with Crippen LogP contribution in [0, 0.1) is 12.7 Å². The molecule has 3 aromatic carbocycles. The number of ether oxygens (including phenoxy) is 1. The predicted octanol–water partition coefficient (Wildman–Crippen LogP) is 5.62. The van der Waals surface area contributed by atoms with Crippen LogP contribution in [0.1, 0.15) is 21.8 Å². The maximum atomic E-state index is 13.0. The van der Waals surface area contributed by atoms with Crippen LogP contribution in [-0.2, 0) is 6.61 Å². The van der Waals surface area contributed by atoms with Crippen LogP contribution in [0.25, 0.3) is 11.1 Å². The molecule has 0 unspecified atom stereocenters. The van der Waals surface area contributed by atoms with Gasteiger partial charge in [-0.2, -0.15) is 0 Å². The molecule has 0 aliphatic heterocycles. The van der Waals surface area contributed by atoms with Gasteiger partial charge in [0.25, 0.3) is 5.91 Å². The number of carbonyl (C=O) groups excluding carboxylic acids is 1. The van der Waals surface area contributed by atoms with Crippen molar-refractivity contribution in [1.29, 1.82) is 0 Å². The van der Waals surface area contributed by atoms with E-state index in [4.69, 9.17) is 9.26 Å². The molecule has 30 heavy (non-hydrogen) atoms. The maximum absolute atomic E-state index is 13.0. The van der Waals surface area contributed by atoms with Gasteiger partial charge in [-0.3, -0.25) is 4.79 Å². The zero-order chi connectivity index (χ0) is 20.9. The Labute approximate surface area is 173 Å². The first-order valence-electron chi connectivity index (χ1n) is 9.40. The highest BCUT2D eigenvalue weighted by molar-refractivity contribution is 6.04. The molecule has 0 saturated heterocycles. The second-order valence-electron chi connectivity index (χ2n) is 6.71. The molecule has 0 radical (unpaired) electrons. The molecule has 1 aromatic heterocycles. The molecule has 4 aromatic rings. The molecule has 0 aliphatic carbocycles. The molecular weight excluding hydrogens is 383 g/mol. The summed E-state index contributed by atoms with van der Waals surface area (Å²) >= 11 is 0. The first kappa shape index (κ1) is 19.4. The molecule has 150 valence electrons. The van der Waals surface area contributed by atoms with Gasteiger partial charge < -0.3 is 14.6 Å². The van der Waals surface area contributed by atoms with Crippen molar-refractivity contribution < 1.29 is 18.4 Å². The van der Waals surface area contributed by atoms with Crippen LogP contribution >= 0.6 is 0 Å². The summed E-state index contributed by atoms with van der Waals surface area (Å²) in [5.41, 5.74) is 3.49. The molecule has 4 rings (SSSR count). The lowest BCUT2D eigenvalue weighted by atomic mass is 10.1. The first-order valence-corrected chi connectivity index (χ1v) is 9.40. The fraction of sp³-hybridized carbons (Fsp3) is 0.0833. The van der Waals surface area contributed by atoms with E-state index in [9.17, 15) is 9.18 Å². The van der Waals surface area contributed by atoms with E-state index in [-0.39, 0.29) is 18.1 Å². The minimum absolute atomic E-state index is 0.0800. The molecule has 0 aliphatic rings. The molecule has 0 fully saturated rings. The van der Waals surface area contributed by atoms with E-state index in [1.54, 1.807) is 6.92 Å². The SMILES string of the molecule is Cc1onc(C(=O)Nc2ccc(-c3ccccc3)cc2)c1COc1ccc(F)cc1. The molecule has 1 N–H and O–H groups in total. The van der Waals surface area contributed by atoms with Gasteiger partial charge in [-0.15, -0.1) is 0 Å². The third-order valence-electron chi connectivity index (χ3n) is 4.65.